The highest BCUT2D eigenvalue weighted by atomic mass is 35.7. The van der Waals surface area contributed by atoms with Gasteiger partial charge in [-0.3, -0.25) is 4.79 Å². The molecule has 0 aliphatic heterocycles. The summed E-state index contributed by atoms with van der Waals surface area (Å²) < 4.78 is 12.6. The number of carbonyl (C=O) groups is 1. The molecule has 0 amide bonds. The lowest BCUT2D eigenvalue weighted by Gasteiger charge is -2.24. The van der Waals surface area contributed by atoms with E-state index in [0.29, 0.717) is 11.3 Å². The average molecular weight is 249 g/mol. The zero-order valence-corrected chi connectivity index (χ0v) is 10.4. The number of Topliss-reactive ketones (excluding diaryl/α,β-unsaturated/α-hetero) is 1. The fraction of sp³-hybridized carbons (Fsp3) is 0.364. The lowest BCUT2D eigenvalue weighted by atomic mass is 10.1. The third kappa shape index (κ3) is 3.84. The summed E-state index contributed by atoms with van der Waals surface area (Å²) in [5.74, 6) is 0.824. The minimum atomic E-state index is -1.35. The maximum Gasteiger partial charge on any atom is 0.172 e. The largest absolute Gasteiger partial charge is 0.293 e. The zero-order valence-electron chi connectivity index (χ0n) is 8.80. The molecule has 1 aromatic rings. The molecule has 1 nitrogen and oxygen atoms in total. The van der Waals surface area contributed by atoms with Crippen LogP contribution < -0.4 is 0 Å². The van der Waals surface area contributed by atoms with Crippen LogP contribution in [0.25, 0.3) is 0 Å². The molecule has 0 spiro atoms. The molecular formula is C11H14ClFOS. The minimum absolute atomic E-state index is 0.00986. The molecule has 1 rings (SSSR count). The Labute approximate surface area is 95.4 Å². The van der Waals surface area contributed by atoms with E-state index in [9.17, 15) is 9.18 Å². The lowest BCUT2D eigenvalue weighted by Crippen LogP contribution is -2.11. The maximum atomic E-state index is 12.6. The lowest BCUT2D eigenvalue weighted by molar-refractivity contribution is 0.102. The second kappa shape index (κ2) is 4.99. The van der Waals surface area contributed by atoms with Crippen molar-refractivity contribution >= 4 is 25.7 Å². The predicted molar refractivity (Wildman–Crippen MR) is 65.5 cm³/mol. The average Bonchev–Trinajstić information content (AvgIpc) is 2.18. The quantitative estimate of drug-likeness (QED) is 0.744. The summed E-state index contributed by atoms with van der Waals surface area (Å²) in [6, 6.07) is 5.58. The van der Waals surface area contributed by atoms with Gasteiger partial charge in [0.05, 0.1) is 5.75 Å². The number of ketones is 1. The Morgan fingerprint density at radius 1 is 1.40 bits per heavy atom. The van der Waals surface area contributed by atoms with Gasteiger partial charge >= 0.3 is 0 Å². The van der Waals surface area contributed by atoms with Crippen molar-refractivity contribution in [3.8, 4) is 0 Å². The Balaban J connectivity index is 2.74. The van der Waals surface area contributed by atoms with Gasteiger partial charge in [-0.05, 0) is 36.3 Å². The molecule has 0 aliphatic rings. The van der Waals surface area contributed by atoms with Crippen LogP contribution >= 0.6 is 19.9 Å². The van der Waals surface area contributed by atoms with Crippen LogP contribution in [-0.2, 0) is 0 Å². The first-order chi connectivity index (χ1) is 6.94. The molecule has 1 unspecified atom stereocenters. The van der Waals surface area contributed by atoms with Gasteiger partial charge in [0.2, 0.25) is 0 Å². The Kier molecular flexibility index (Phi) is 4.17. The highest BCUT2D eigenvalue weighted by Crippen LogP contribution is 2.49. The van der Waals surface area contributed by atoms with Crippen molar-refractivity contribution in [3.63, 3.8) is 0 Å². The van der Waals surface area contributed by atoms with Crippen molar-refractivity contribution in [3.05, 3.63) is 35.6 Å². The Morgan fingerprint density at radius 2 is 1.93 bits per heavy atom. The number of halogens is 2. The van der Waals surface area contributed by atoms with Gasteiger partial charge in [0, 0.05) is 5.56 Å². The smallest absolute Gasteiger partial charge is 0.172 e. The maximum absolute atomic E-state index is 12.6. The molecule has 15 heavy (non-hydrogen) atoms. The molecular weight excluding hydrogens is 235 g/mol. The Bertz CT molecular complexity index is 348. The van der Waals surface area contributed by atoms with Crippen LogP contribution in [0.1, 0.15) is 17.3 Å². The number of hydrogen-bond acceptors (Lipinski definition) is 1. The molecule has 0 saturated heterocycles. The van der Waals surface area contributed by atoms with Crippen LogP contribution in [0, 0.1) is 5.82 Å². The fourth-order valence-corrected chi connectivity index (χ4v) is 2.31. The second-order valence-electron chi connectivity index (χ2n) is 3.52. The van der Waals surface area contributed by atoms with Crippen LogP contribution in [0.3, 0.4) is 0 Å². The van der Waals surface area contributed by atoms with E-state index >= 15 is 0 Å². The SMILES string of the molecule is CCS(C)(Cl)CC(=O)c1ccc(F)cc1. The number of rotatable bonds is 4. The molecule has 0 fully saturated rings. The van der Waals surface area contributed by atoms with E-state index in [1.54, 1.807) is 0 Å². The number of carbonyl (C=O) groups excluding carboxylic acids is 1. The summed E-state index contributed by atoms with van der Waals surface area (Å²) in [6.07, 6.45) is 1.91. The summed E-state index contributed by atoms with van der Waals surface area (Å²) in [7, 11) is 4.84. The number of benzene rings is 1. The standard InChI is InChI=1S/C11H14ClFOS/c1-3-15(2,12)8-11(14)9-4-6-10(13)7-5-9/h4-7H,3,8H2,1-2H3. The summed E-state index contributed by atoms with van der Waals surface area (Å²) in [5.41, 5.74) is 0.532. The molecule has 0 heterocycles. The van der Waals surface area contributed by atoms with Gasteiger partial charge in [0.25, 0.3) is 0 Å². The third-order valence-electron chi connectivity index (χ3n) is 2.20. The Morgan fingerprint density at radius 3 is 2.40 bits per heavy atom. The number of hydrogen-bond donors (Lipinski definition) is 0. The van der Waals surface area contributed by atoms with Crippen LogP contribution in [0.5, 0.6) is 0 Å². The van der Waals surface area contributed by atoms with Crippen molar-refractivity contribution in [2.75, 3.05) is 17.8 Å². The van der Waals surface area contributed by atoms with Crippen molar-refractivity contribution in [1.29, 1.82) is 0 Å². The van der Waals surface area contributed by atoms with Gasteiger partial charge in [0.1, 0.15) is 5.82 Å². The van der Waals surface area contributed by atoms with Gasteiger partial charge < -0.3 is 0 Å². The van der Waals surface area contributed by atoms with E-state index in [1.165, 1.54) is 24.3 Å². The van der Waals surface area contributed by atoms with E-state index in [1.807, 2.05) is 13.2 Å². The molecule has 4 heteroatoms. The van der Waals surface area contributed by atoms with E-state index in [2.05, 4.69) is 0 Å². The second-order valence-corrected chi connectivity index (χ2v) is 8.93. The molecule has 0 saturated carbocycles. The van der Waals surface area contributed by atoms with E-state index in [4.69, 9.17) is 10.7 Å². The van der Waals surface area contributed by atoms with Crippen LogP contribution in [0.2, 0.25) is 0 Å². The van der Waals surface area contributed by atoms with Gasteiger partial charge in [-0.15, -0.1) is 0 Å². The first-order valence-corrected chi connectivity index (χ1v) is 7.87. The molecule has 1 aromatic carbocycles. The van der Waals surface area contributed by atoms with Gasteiger partial charge in [-0.1, -0.05) is 17.6 Å². The highest BCUT2D eigenvalue weighted by molar-refractivity contribution is 8.51. The monoisotopic (exact) mass is 248 g/mol. The molecule has 0 aromatic heterocycles. The van der Waals surface area contributed by atoms with E-state index in [-0.39, 0.29) is 11.6 Å². The van der Waals surface area contributed by atoms with E-state index in [0.717, 1.165) is 5.75 Å². The summed E-state index contributed by atoms with van der Waals surface area (Å²) in [5, 5.41) is 0. The molecule has 0 radical (unpaired) electrons. The van der Waals surface area contributed by atoms with Crippen LogP contribution in [-0.4, -0.2) is 23.5 Å². The van der Waals surface area contributed by atoms with Crippen LogP contribution in [0.4, 0.5) is 4.39 Å². The normalized spacial score (nSPS) is 16.8. The van der Waals surface area contributed by atoms with Gasteiger partial charge in [0.15, 0.2) is 5.78 Å². The molecule has 84 valence electrons. The molecule has 0 bridgehead atoms. The van der Waals surface area contributed by atoms with Gasteiger partial charge in [-0.25, -0.2) is 4.39 Å². The minimum Gasteiger partial charge on any atom is -0.293 e. The molecule has 0 N–H and O–H groups in total. The van der Waals surface area contributed by atoms with Crippen molar-refractivity contribution < 1.29 is 9.18 Å². The van der Waals surface area contributed by atoms with Crippen molar-refractivity contribution in [2.24, 2.45) is 0 Å². The first-order valence-electron chi connectivity index (χ1n) is 4.67. The zero-order chi connectivity index (χ0) is 11.5. The molecule has 0 aliphatic carbocycles. The first kappa shape index (κ1) is 12.5. The third-order valence-corrected chi connectivity index (χ3v) is 5.25. The van der Waals surface area contributed by atoms with E-state index < -0.39 is 9.24 Å². The van der Waals surface area contributed by atoms with Crippen molar-refractivity contribution in [1.82, 2.24) is 0 Å². The summed E-state index contributed by atoms with van der Waals surface area (Å²) in [6.45, 7) is 1.97. The van der Waals surface area contributed by atoms with Gasteiger partial charge in [-0.2, -0.15) is 9.24 Å². The summed E-state index contributed by atoms with van der Waals surface area (Å²) in [4.78, 5) is 11.7. The Hall–Kier alpha value is -0.540. The summed E-state index contributed by atoms with van der Waals surface area (Å²) >= 11 is 0. The molecule has 1 atom stereocenters. The predicted octanol–water partition coefficient (Wildman–Crippen LogP) is 3.62. The van der Waals surface area contributed by atoms with Crippen LogP contribution in [0.15, 0.2) is 24.3 Å². The van der Waals surface area contributed by atoms with Crippen molar-refractivity contribution in [2.45, 2.75) is 6.92 Å². The topological polar surface area (TPSA) is 17.1 Å². The highest BCUT2D eigenvalue weighted by Gasteiger charge is 2.18. The fourth-order valence-electron chi connectivity index (χ4n) is 1.09.